The van der Waals surface area contributed by atoms with E-state index in [1.807, 2.05) is 42.5 Å². The maximum atomic E-state index is 12.8. The Kier molecular flexibility index (Phi) is 4.51. The number of halogens is 3. The van der Waals surface area contributed by atoms with E-state index in [1.54, 1.807) is 22.9 Å². The van der Waals surface area contributed by atoms with Gasteiger partial charge in [-0.3, -0.25) is 4.79 Å². The molecule has 0 aliphatic carbocycles. The topological polar surface area (TPSA) is 22.0 Å². The zero-order valence-corrected chi connectivity index (χ0v) is 14.8. The van der Waals surface area contributed by atoms with Crippen LogP contribution in [-0.4, -0.2) is 4.57 Å². The highest BCUT2D eigenvalue weighted by molar-refractivity contribution is 5.86. The van der Waals surface area contributed by atoms with Gasteiger partial charge in [0.05, 0.1) is 12.1 Å². The SMILES string of the molecule is O=c1c2ccc(-c3ccc(C(F)(F)F)cc3)cc2ccn1Cc1ccccc1. The van der Waals surface area contributed by atoms with Crippen LogP contribution < -0.4 is 5.56 Å². The van der Waals surface area contributed by atoms with Gasteiger partial charge >= 0.3 is 6.18 Å². The van der Waals surface area contributed by atoms with Gasteiger partial charge < -0.3 is 4.57 Å². The predicted molar refractivity (Wildman–Crippen MR) is 104 cm³/mol. The number of pyridine rings is 1. The second kappa shape index (κ2) is 7.00. The van der Waals surface area contributed by atoms with Crippen molar-refractivity contribution in [3.8, 4) is 11.1 Å². The largest absolute Gasteiger partial charge is 0.416 e. The fourth-order valence-corrected chi connectivity index (χ4v) is 3.22. The van der Waals surface area contributed by atoms with Crippen molar-refractivity contribution >= 4 is 10.8 Å². The minimum atomic E-state index is -4.36. The highest BCUT2D eigenvalue weighted by Gasteiger charge is 2.29. The number of alkyl halides is 3. The second-order valence-electron chi connectivity index (χ2n) is 6.61. The molecule has 0 fully saturated rings. The van der Waals surface area contributed by atoms with E-state index in [-0.39, 0.29) is 5.56 Å². The molecule has 5 heteroatoms. The van der Waals surface area contributed by atoms with E-state index < -0.39 is 11.7 Å². The van der Waals surface area contributed by atoms with Crippen molar-refractivity contribution in [2.45, 2.75) is 12.7 Å². The number of fused-ring (bicyclic) bond motifs is 1. The van der Waals surface area contributed by atoms with Crippen molar-refractivity contribution in [3.05, 3.63) is 107 Å². The summed E-state index contributed by atoms with van der Waals surface area (Å²) in [5.41, 5.74) is 1.69. The summed E-state index contributed by atoms with van der Waals surface area (Å²) in [6.07, 6.45) is -2.61. The van der Waals surface area contributed by atoms with E-state index in [2.05, 4.69) is 0 Å². The molecule has 0 radical (unpaired) electrons. The van der Waals surface area contributed by atoms with Crippen LogP contribution in [0.4, 0.5) is 13.2 Å². The molecule has 4 rings (SSSR count). The molecule has 0 N–H and O–H groups in total. The number of benzene rings is 3. The molecule has 0 aliphatic rings. The molecule has 0 saturated heterocycles. The van der Waals surface area contributed by atoms with Gasteiger partial charge in [0.25, 0.3) is 5.56 Å². The van der Waals surface area contributed by atoms with Gasteiger partial charge in [-0.2, -0.15) is 13.2 Å². The molecule has 0 atom stereocenters. The minimum Gasteiger partial charge on any atom is -0.311 e. The van der Waals surface area contributed by atoms with Crippen LogP contribution >= 0.6 is 0 Å². The van der Waals surface area contributed by atoms with Gasteiger partial charge in [0.2, 0.25) is 0 Å². The maximum absolute atomic E-state index is 12.8. The Morgan fingerprint density at radius 3 is 2.14 bits per heavy atom. The lowest BCUT2D eigenvalue weighted by Crippen LogP contribution is -2.19. The molecule has 0 spiro atoms. The first kappa shape index (κ1) is 18.0. The van der Waals surface area contributed by atoms with Gasteiger partial charge in [0.1, 0.15) is 0 Å². The zero-order chi connectivity index (χ0) is 19.7. The third-order valence-corrected chi connectivity index (χ3v) is 4.72. The van der Waals surface area contributed by atoms with Gasteiger partial charge in [0.15, 0.2) is 0 Å². The summed E-state index contributed by atoms with van der Waals surface area (Å²) in [4.78, 5) is 12.8. The fourth-order valence-electron chi connectivity index (χ4n) is 3.22. The Bertz CT molecular complexity index is 1180. The first-order valence-corrected chi connectivity index (χ1v) is 8.76. The number of hydrogen-bond acceptors (Lipinski definition) is 1. The standard InChI is InChI=1S/C23H16F3NO/c24-23(25,26)20-9-6-17(7-10-20)18-8-11-21-19(14-18)12-13-27(22(21)28)15-16-4-2-1-3-5-16/h1-14H,15H2. The molecule has 0 aliphatic heterocycles. The molecule has 0 saturated carbocycles. The Labute approximate surface area is 159 Å². The third kappa shape index (κ3) is 3.56. The van der Waals surface area contributed by atoms with E-state index in [0.717, 1.165) is 28.6 Å². The average Bonchev–Trinajstić information content (AvgIpc) is 2.70. The molecule has 1 heterocycles. The van der Waals surface area contributed by atoms with Crippen molar-refractivity contribution in [3.63, 3.8) is 0 Å². The third-order valence-electron chi connectivity index (χ3n) is 4.72. The van der Waals surface area contributed by atoms with Gasteiger partial charge in [-0.1, -0.05) is 48.5 Å². The summed E-state index contributed by atoms with van der Waals surface area (Å²) in [5.74, 6) is 0. The van der Waals surface area contributed by atoms with E-state index in [1.165, 1.54) is 12.1 Å². The summed E-state index contributed by atoms with van der Waals surface area (Å²) < 4.78 is 39.8. The molecule has 0 unspecified atom stereocenters. The normalized spacial score (nSPS) is 11.7. The summed E-state index contributed by atoms with van der Waals surface area (Å²) in [7, 11) is 0. The summed E-state index contributed by atoms with van der Waals surface area (Å²) >= 11 is 0. The first-order chi connectivity index (χ1) is 13.4. The fraction of sp³-hybridized carbons (Fsp3) is 0.0870. The Morgan fingerprint density at radius 1 is 0.786 bits per heavy atom. The van der Waals surface area contributed by atoms with Gasteiger partial charge in [-0.05, 0) is 52.4 Å². The van der Waals surface area contributed by atoms with Crippen molar-refractivity contribution in [2.75, 3.05) is 0 Å². The molecule has 2 nitrogen and oxygen atoms in total. The quantitative estimate of drug-likeness (QED) is 0.445. The van der Waals surface area contributed by atoms with Crippen LogP contribution in [0.5, 0.6) is 0 Å². The molecule has 3 aromatic carbocycles. The van der Waals surface area contributed by atoms with Gasteiger partial charge in [0, 0.05) is 11.6 Å². The van der Waals surface area contributed by atoms with Crippen molar-refractivity contribution in [1.29, 1.82) is 0 Å². The van der Waals surface area contributed by atoms with E-state index in [9.17, 15) is 18.0 Å². The molecule has 140 valence electrons. The smallest absolute Gasteiger partial charge is 0.311 e. The van der Waals surface area contributed by atoms with Crippen molar-refractivity contribution in [1.82, 2.24) is 4.57 Å². The first-order valence-electron chi connectivity index (χ1n) is 8.76. The van der Waals surface area contributed by atoms with Crippen LogP contribution in [0.15, 0.2) is 89.9 Å². The second-order valence-corrected chi connectivity index (χ2v) is 6.61. The lowest BCUT2D eigenvalue weighted by molar-refractivity contribution is -0.137. The molecule has 4 aromatic rings. The molecular formula is C23H16F3NO. The molecular weight excluding hydrogens is 363 g/mol. The Balaban J connectivity index is 1.68. The highest BCUT2D eigenvalue weighted by Crippen LogP contribution is 2.31. The number of aromatic nitrogens is 1. The monoisotopic (exact) mass is 379 g/mol. The Morgan fingerprint density at radius 2 is 1.46 bits per heavy atom. The Hall–Kier alpha value is -3.34. The van der Waals surface area contributed by atoms with Crippen LogP contribution in [0.2, 0.25) is 0 Å². The van der Waals surface area contributed by atoms with Gasteiger partial charge in [-0.25, -0.2) is 0 Å². The predicted octanol–water partition coefficient (Wildman–Crippen LogP) is 5.74. The van der Waals surface area contributed by atoms with E-state index in [4.69, 9.17) is 0 Å². The number of nitrogens with zero attached hydrogens (tertiary/aromatic N) is 1. The number of hydrogen-bond donors (Lipinski definition) is 0. The number of rotatable bonds is 3. The molecule has 1 aromatic heterocycles. The van der Waals surface area contributed by atoms with Crippen LogP contribution in [0, 0.1) is 0 Å². The van der Waals surface area contributed by atoms with Crippen LogP contribution in [0.25, 0.3) is 21.9 Å². The molecule has 0 bridgehead atoms. The summed E-state index contributed by atoms with van der Waals surface area (Å²) in [6.45, 7) is 0.482. The summed E-state index contributed by atoms with van der Waals surface area (Å²) in [6, 6.07) is 21.9. The van der Waals surface area contributed by atoms with Crippen LogP contribution in [0.3, 0.4) is 0 Å². The summed E-state index contributed by atoms with van der Waals surface area (Å²) in [5, 5.41) is 1.33. The van der Waals surface area contributed by atoms with Gasteiger partial charge in [-0.15, -0.1) is 0 Å². The van der Waals surface area contributed by atoms with Crippen molar-refractivity contribution < 1.29 is 13.2 Å². The maximum Gasteiger partial charge on any atom is 0.416 e. The van der Waals surface area contributed by atoms with Crippen molar-refractivity contribution in [2.24, 2.45) is 0 Å². The zero-order valence-electron chi connectivity index (χ0n) is 14.8. The molecule has 0 amide bonds. The minimum absolute atomic E-state index is 0.0969. The highest BCUT2D eigenvalue weighted by atomic mass is 19.4. The van der Waals surface area contributed by atoms with E-state index >= 15 is 0 Å². The lowest BCUT2D eigenvalue weighted by Gasteiger charge is -2.10. The average molecular weight is 379 g/mol. The lowest BCUT2D eigenvalue weighted by atomic mass is 10.0. The van der Waals surface area contributed by atoms with Crippen LogP contribution in [0.1, 0.15) is 11.1 Å². The van der Waals surface area contributed by atoms with E-state index in [0.29, 0.717) is 17.5 Å². The van der Waals surface area contributed by atoms with Crippen LogP contribution in [-0.2, 0) is 12.7 Å². The molecule has 28 heavy (non-hydrogen) atoms.